The topological polar surface area (TPSA) is 87.7 Å². The van der Waals surface area contributed by atoms with Crippen molar-refractivity contribution in [3.8, 4) is 5.75 Å². The van der Waals surface area contributed by atoms with E-state index in [1.54, 1.807) is 19.2 Å². The van der Waals surface area contributed by atoms with Gasteiger partial charge in [-0.05, 0) is 30.5 Å². The summed E-state index contributed by atoms with van der Waals surface area (Å²) in [5.41, 5.74) is 0.643. The summed E-state index contributed by atoms with van der Waals surface area (Å²) in [6.07, 6.45) is 3.95. The Morgan fingerprint density at radius 3 is 2.42 bits per heavy atom. The lowest BCUT2D eigenvalue weighted by molar-refractivity contribution is -0.127. The molecule has 0 unspecified atom stereocenters. The molecule has 7 heteroatoms. The molecule has 2 amide bonds. The van der Waals surface area contributed by atoms with Crippen LogP contribution in [0, 0.1) is 0 Å². The van der Waals surface area contributed by atoms with E-state index in [1.807, 2.05) is 12.1 Å². The highest BCUT2D eigenvalue weighted by atomic mass is 19.1. The van der Waals surface area contributed by atoms with Crippen LogP contribution in [0.25, 0.3) is 0 Å². The lowest BCUT2D eigenvalue weighted by Crippen LogP contribution is -2.44. The second kappa shape index (κ2) is 9.22. The fraction of sp³-hybridized carbons (Fsp3) is 0.474. The Balaban J connectivity index is 2.04. The van der Waals surface area contributed by atoms with Crippen molar-refractivity contribution >= 4 is 12.0 Å². The highest BCUT2D eigenvalue weighted by Gasteiger charge is 2.40. The molecule has 0 spiro atoms. The third-order valence-electron chi connectivity index (χ3n) is 4.82. The molecule has 1 saturated carbocycles. The van der Waals surface area contributed by atoms with E-state index in [2.05, 4.69) is 10.6 Å². The number of carbonyl (C=O) groups is 2. The Morgan fingerprint density at radius 2 is 1.88 bits per heavy atom. The van der Waals surface area contributed by atoms with E-state index in [0.717, 1.165) is 37.7 Å². The number of carbonyl (C=O) groups excluding carboxylic acids is 1. The van der Waals surface area contributed by atoms with Gasteiger partial charge >= 0.3 is 6.09 Å². The quantitative estimate of drug-likeness (QED) is 0.694. The maximum absolute atomic E-state index is 12.8. The first-order chi connectivity index (χ1) is 12.5. The number of likely N-dealkylation sites (N-methyl/N-ethyl adjacent to an activating group) is 1. The number of carboxylic acid groups (broad SMARTS) is 1. The SMILES string of the molecule is CNC(=O)C1(c2ccc(OCC(=CF)CNC(=O)O)cc2)CCCCC1. The molecule has 0 atom stereocenters. The highest BCUT2D eigenvalue weighted by molar-refractivity contribution is 5.88. The van der Waals surface area contributed by atoms with E-state index < -0.39 is 11.5 Å². The number of hydrogen-bond acceptors (Lipinski definition) is 3. The van der Waals surface area contributed by atoms with Gasteiger partial charge < -0.3 is 20.5 Å². The van der Waals surface area contributed by atoms with Crippen molar-refractivity contribution in [1.82, 2.24) is 10.6 Å². The van der Waals surface area contributed by atoms with Gasteiger partial charge in [-0.3, -0.25) is 4.79 Å². The molecule has 0 bridgehead atoms. The van der Waals surface area contributed by atoms with Gasteiger partial charge in [-0.1, -0.05) is 31.4 Å². The van der Waals surface area contributed by atoms with Crippen molar-refractivity contribution in [2.75, 3.05) is 20.2 Å². The molecule has 0 heterocycles. The summed E-state index contributed by atoms with van der Waals surface area (Å²) >= 11 is 0. The van der Waals surface area contributed by atoms with Gasteiger partial charge in [-0.15, -0.1) is 0 Å². The fourth-order valence-electron chi connectivity index (χ4n) is 3.40. The first kappa shape index (κ1) is 19.8. The Bertz CT molecular complexity index is 652. The molecule has 1 aliphatic carbocycles. The number of hydrogen-bond donors (Lipinski definition) is 3. The van der Waals surface area contributed by atoms with Crippen molar-refractivity contribution < 1.29 is 23.8 Å². The van der Waals surface area contributed by atoms with Crippen molar-refractivity contribution in [3.63, 3.8) is 0 Å². The highest BCUT2D eigenvalue weighted by Crippen LogP contribution is 2.40. The van der Waals surface area contributed by atoms with Crippen LogP contribution in [0.4, 0.5) is 9.18 Å². The summed E-state index contributed by atoms with van der Waals surface area (Å²) in [7, 11) is 1.66. The molecule has 1 aliphatic rings. The van der Waals surface area contributed by atoms with Crippen LogP contribution in [0.15, 0.2) is 36.2 Å². The summed E-state index contributed by atoms with van der Waals surface area (Å²) in [5, 5.41) is 13.4. The summed E-state index contributed by atoms with van der Waals surface area (Å²) in [6, 6.07) is 7.28. The minimum atomic E-state index is -1.22. The van der Waals surface area contributed by atoms with Crippen LogP contribution < -0.4 is 15.4 Å². The Labute approximate surface area is 152 Å². The minimum Gasteiger partial charge on any atom is -0.489 e. The summed E-state index contributed by atoms with van der Waals surface area (Å²) in [6.45, 7) is -0.194. The zero-order valence-corrected chi connectivity index (χ0v) is 14.9. The van der Waals surface area contributed by atoms with Crippen LogP contribution in [0.5, 0.6) is 5.75 Å². The first-order valence-corrected chi connectivity index (χ1v) is 8.72. The van der Waals surface area contributed by atoms with E-state index in [9.17, 15) is 14.0 Å². The van der Waals surface area contributed by atoms with Gasteiger partial charge in [0.05, 0.1) is 11.7 Å². The molecule has 0 saturated heterocycles. The van der Waals surface area contributed by atoms with E-state index >= 15 is 0 Å². The van der Waals surface area contributed by atoms with Crippen molar-refractivity contribution in [2.45, 2.75) is 37.5 Å². The molecule has 26 heavy (non-hydrogen) atoms. The van der Waals surface area contributed by atoms with E-state index in [-0.39, 0.29) is 24.6 Å². The molecular weight excluding hydrogens is 339 g/mol. The molecule has 0 aliphatic heterocycles. The zero-order chi connectivity index (χ0) is 19.0. The third kappa shape index (κ3) is 4.74. The second-order valence-corrected chi connectivity index (χ2v) is 6.46. The minimum absolute atomic E-state index is 0.0354. The largest absolute Gasteiger partial charge is 0.489 e. The van der Waals surface area contributed by atoms with Gasteiger partial charge in [0.1, 0.15) is 12.4 Å². The predicted molar refractivity (Wildman–Crippen MR) is 96.0 cm³/mol. The van der Waals surface area contributed by atoms with Crippen LogP contribution in [0.2, 0.25) is 0 Å². The van der Waals surface area contributed by atoms with Gasteiger partial charge in [0.2, 0.25) is 5.91 Å². The van der Waals surface area contributed by atoms with Gasteiger partial charge in [-0.2, -0.15) is 0 Å². The Morgan fingerprint density at radius 1 is 1.23 bits per heavy atom. The smallest absolute Gasteiger partial charge is 0.404 e. The van der Waals surface area contributed by atoms with E-state index in [4.69, 9.17) is 9.84 Å². The monoisotopic (exact) mass is 364 g/mol. The van der Waals surface area contributed by atoms with E-state index in [1.165, 1.54) is 0 Å². The number of halogens is 1. The molecule has 142 valence electrons. The number of rotatable bonds is 7. The molecule has 0 aromatic heterocycles. The number of benzene rings is 1. The summed E-state index contributed by atoms with van der Waals surface area (Å²) in [4.78, 5) is 23.0. The number of ether oxygens (including phenoxy) is 1. The average Bonchev–Trinajstić information content (AvgIpc) is 2.68. The van der Waals surface area contributed by atoms with Crippen LogP contribution in [0.3, 0.4) is 0 Å². The molecule has 2 rings (SSSR count). The maximum atomic E-state index is 12.8. The predicted octanol–water partition coefficient (Wildman–Crippen LogP) is 3.13. The fourth-order valence-corrected chi connectivity index (χ4v) is 3.40. The molecule has 1 aromatic rings. The van der Waals surface area contributed by atoms with Crippen LogP contribution in [-0.2, 0) is 10.2 Å². The van der Waals surface area contributed by atoms with Crippen molar-refractivity contribution in [1.29, 1.82) is 0 Å². The van der Waals surface area contributed by atoms with Crippen LogP contribution in [-0.4, -0.2) is 37.3 Å². The lowest BCUT2D eigenvalue weighted by Gasteiger charge is -2.36. The molecule has 3 N–H and O–H groups in total. The van der Waals surface area contributed by atoms with E-state index in [0.29, 0.717) is 12.1 Å². The van der Waals surface area contributed by atoms with Gasteiger partial charge in [-0.25, -0.2) is 9.18 Å². The number of amides is 2. The normalized spacial score (nSPS) is 16.6. The first-order valence-electron chi connectivity index (χ1n) is 8.72. The van der Waals surface area contributed by atoms with Crippen molar-refractivity contribution in [3.05, 3.63) is 41.7 Å². The third-order valence-corrected chi connectivity index (χ3v) is 4.82. The number of nitrogens with one attached hydrogen (secondary N) is 2. The summed E-state index contributed by atoms with van der Waals surface area (Å²) in [5.74, 6) is 0.569. The van der Waals surface area contributed by atoms with Crippen LogP contribution >= 0.6 is 0 Å². The average molecular weight is 364 g/mol. The molecule has 6 nitrogen and oxygen atoms in total. The standard InChI is InChI=1S/C19H25FN2O4/c1-21-17(23)19(9-3-2-4-10-19)15-5-7-16(8-6-15)26-13-14(11-20)12-22-18(24)25/h5-8,11,22H,2-4,9-10,12-13H2,1H3,(H,21,23)(H,24,25). The second-order valence-electron chi connectivity index (χ2n) is 6.46. The van der Waals surface area contributed by atoms with Gasteiger partial charge in [0.25, 0.3) is 0 Å². The summed E-state index contributed by atoms with van der Waals surface area (Å²) < 4.78 is 18.3. The maximum Gasteiger partial charge on any atom is 0.404 e. The molecule has 1 fully saturated rings. The molecule has 0 radical (unpaired) electrons. The Kier molecular flexibility index (Phi) is 7.00. The Hall–Kier alpha value is -2.57. The lowest BCUT2D eigenvalue weighted by atomic mass is 9.69. The molecular formula is C19H25FN2O4. The van der Waals surface area contributed by atoms with Crippen LogP contribution in [0.1, 0.15) is 37.7 Å². The van der Waals surface area contributed by atoms with Crippen molar-refractivity contribution in [2.24, 2.45) is 0 Å². The molecule has 1 aromatic carbocycles. The zero-order valence-electron chi connectivity index (χ0n) is 14.9. The van der Waals surface area contributed by atoms with Gasteiger partial charge in [0.15, 0.2) is 0 Å². The van der Waals surface area contributed by atoms with Gasteiger partial charge in [0, 0.05) is 19.2 Å².